The van der Waals surface area contributed by atoms with Gasteiger partial charge >= 0.3 is 0 Å². The fourth-order valence-corrected chi connectivity index (χ4v) is 4.85. The Labute approximate surface area is 173 Å². The Morgan fingerprint density at radius 1 is 1.14 bits per heavy atom. The molecule has 1 aliphatic rings. The number of carbonyl (C=O) groups excluding carboxylic acids is 1. The van der Waals surface area contributed by atoms with E-state index in [9.17, 15) is 14.4 Å². The van der Waals surface area contributed by atoms with Gasteiger partial charge in [-0.1, -0.05) is 42.5 Å². The summed E-state index contributed by atoms with van der Waals surface area (Å²) in [6.07, 6.45) is 0.948. The second-order valence-corrected chi connectivity index (χ2v) is 8.22. The summed E-state index contributed by atoms with van der Waals surface area (Å²) in [6.45, 7) is 2.53. The third kappa shape index (κ3) is 4.53. The monoisotopic (exact) mass is 405 g/mol. The summed E-state index contributed by atoms with van der Waals surface area (Å²) in [5.41, 5.74) is 3.63. The van der Waals surface area contributed by atoms with Crippen molar-refractivity contribution < 1.29 is 9.18 Å². The molecular weight excluding hydrogens is 385 g/mol. The molecule has 3 aromatic rings. The average Bonchev–Trinajstić information content (AvgIpc) is 3.06. The lowest BCUT2D eigenvalue weighted by molar-refractivity contribution is -0.115. The summed E-state index contributed by atoms with van der Waals surface area (Å²) in [5, 5.41) is 13.2. The highest BCUT2D eigenvalue weighted by atomic mass is 32.1. The van der Waals surface area contributed by atoms with Gasteiger partial charge in [0.05, 0.1) is 12.0 Å². The molecule has 1 aromatic heterocycles. The molecule has 0 saturated carbocycles. The van der Waals surface area contributed by atoms with E-state index >= 15 is 0 Å². The zero-order valence-electron chi connectivity index (χ0n) is 15.8. The number of nitrogens with one attached hydrogen (secondary N) is 1. The Morgan fingerprint density at radius 3 is 2.62 bits per heavy atom. The SMILES string of the molecule is N#Cc1c(NC(=O)Cc2ccc(F)cc2)sc2c1CCN(Cc1ccccc1)C2. The highest BCUT2D eigenvalue weighted by Gasteiger charge is 2.25. The highest BCUT2D eigenvalue weighted by Crippen LogP contribution is 2.37. The van der Waals surface area contributed by atoms with Crippen molar-refractivity contribution in [2.45, 2.75) is 25.9 Å². The minimum atomic E-state index is -0.327. The maximum Gasteiger partial charge on any atom is 0.229 e. The van der Waals surface area contributed by atoms with Gasteiger partial charge < -0.3 is 5.32 Å². The van der Waals surface area contributed by atoms with E-state index in [4.69, 9.17) is 0 Å². The molecule has 0 atom stereocenters. The van der Waals surface area contributed by atoms with Crippen LogP contribution in [-0.4, -0.2) is 17.4 Å². The maximum atomic E-state index is 13.0. The van der Waals surface area contributed by atoms with Crippen molar-refractivity contribution in [3.63, 3.8) is 0 Å². The molecule has 6 heteroatoms. The first-order chi connectivity index (χ1) is 14.1. The lowest BCUT2D eigenvalue weighted by Gasteiger charge is -2.26. The molecule has 4 rings (SSSR count). The van der Waals surface area contributed by atoms with Crippen LogP contribution in [0.15, 0.2) is 54.6 Å². The number of benzene rings is 2. The van der Waals surface area contributed by atoms with Crippen LogP contribution in [0.5, 0.6) is 0 Å². The normalized spacial score (nSPS) is 13.5. The molecule has 4 nitrogen and oxygen atoms in total. The summed E-state index contributed by atoms with van der Waals surface area (Å²) >= 11 is 1.49. The van der Waals surface area contributed by atoms with E-state index in [0.29, 0.717) is 10.6 Å². The quantitative estimate of drug-likeness (QED) is 0.680. The van der Waals surface area contributed by atoms with Crippen molar-refractivity contribution in [1.29, 1.82) is 5.26 Å². The maximum absolute atomic E-state index is 13.0. The molecule has 0 bridgehead atoms. The average molecular weight is 405 g/mol. The molecule has 29 heavy (non-hydrogen) atoms. The van der Waals surface area contributed by atoms with Crippen molar-refractivity contribution in [3.05, 3.63) is 87.5 Å². The number of nitriles is 1. The number of rotatable bonds is 5. The van der Waals surface area contributed by atoms with E-state index in [1.54, 1.807) is 12.1 Å². The largest absolute Gasteiger partial charge is 0.316 e. The first-order valence-electron chi connectivity index (χ1n) is 9.47. The zero-order chi connectivity index (χ0) is 20.2. The lowest BCUT2D eigenvalue weighted by atomic mass is 10.0. The number of hydrogen-bond donors (Lipinski definition) is 1. The van der Waals surface area contributed by atoms with Crippen LogP contribution in [-0.2, 0) is 30.7 Å². The molecule has 0 spiro atoms. The number of halogens is 1. The Kier molecular flexibility index (Phi) is 5.70. The predicted octanol–water partition coefficient (Wildman–Crippen LogP) is 4.50. The molecule has 0 saturated heterocycles. The third-order valence-electron chi connectivity index (χ3n) is 5.03. The molecule has 0 unspecified atom stereocenters. The van der Waals surface area contributed by atoms with E-state index in [-0.39, 0.29) is 18.1 Å². The lowest BCUT2D eigenvalue weighted by Crippen LogP contribution is -2.29. The first-order valence-corrected chi connectivity index (χ1v) is 10.3. The minimum Gasteiger partial charge on any atom is -0.316 e. The van der Waals surface area contributed by atoms with Crippen LogP contribution >= 0.6 is 11.3 Å². The molecule has 1 N–H and O–H groups in total. The zero-order valence-corrected chi connectivity index (χ0v) is 16.6. The van der Waals surface area contributed by atoms with Gasteiger partial charge in [0.15, 0.2) is 0 Å². The van der Waals surface area contributed by atoms with Gasteiger partial charge in [-0.3, -0.25) is 9.69 Å². The fourth-order valence-electron chi connectivity index (χ4n) is 3.60. The molecule has 0 fully saturated rings. The summed E-state index contributed by atoms with van der Waals surface area (Å²) in [4.78, 5) is 15.9. The molecule has 2 heterocycles. The second kappa shape index (κ2) is 8.56. The number of fused-ring (bicyclic) bond motifs is 1. The van der Waals surface area contributed by atoms with Crippen LogP contribution in [0.2, 0.25) is 0 Å². The fraction of sp³-hybridized carbons (Fsp3) is 0.217. The van der Waals surface area contributed by atoms with Crippen molar-refractivity contribution in [2.75, 3.05) is 11.9 Å². The summed E-state index contributed by atoms with van der Waals surface area (Å²) in [5.74, 6) is -0.528. The minimum absolute atomic E-state index is 0.147. The summed E-state index contributed by atoms with van der Waals surface area (Å²) < 4.78 is 13.0. The summed E-state index contributed by atoms with van der Waals surface area (Å²) in [7, 11) is 0. The molecule has 2 aromatic carbocycles. The van der Waals surface area contributed by atoms with Gasteiger partial charge in [-0.05, 0) is 35.2 Å². The van der Waals surface area contributed by atoms with E-state index in [1.807, 2.05) is 18.2 Å². The molecule has 1 amide bonds. The third-order valence-corrected chi connectivity index (χ3v) is 6.16. The molecule has 0 radical (unpaired) electrons. The molecular formula is C23H20FN3OS. The number of anilines is 1. The van der Waals surface area contributed by atoms with Gasteiger partial charge in [0, 0.05) is 24.5 Å². The van der Waals surface area contributed by atoms with Crippen LogP contribution in [0.25, 0.3) is 0 Å². The van der Waals surface area contributed by atoms with E-state index in [0.717, 1.165) is 42.1 Å². The van der Waals surface area contributed by atoms with Crippen molar-refractivity contribution in [3.8, 4) is 6.07 Å². The van der Waals surface area contributed by atoms with Gasteiger partial charge in [-0.25, -0.2) is 4.39 Å². The predicted molar refractivity (Wildman–Crippen MR) is 112 cm³/mol. The van der Waals surface area contributed by atoms with E-state index in [2.05, 4.69) is 28.4 Å². The highest BCUT2D eigenvalue weighted by molar-refractivity contribution is 7.16. The van der Waals surface area contributed by atoms with Gasteiger partial charge in [0.25, 0.3) is 0 Å². The van der Waals surface area contributed by atoms with Crippen LogP contribution in [0.4, 0.5) is 9.39 Å². The van der Waals surface area contributed by atoms with Crippen molar-refractivity contribution in [2.24, 2.45) is 0 Å². The molecule has 1 aliphatic heterocycles. The Balaban J connectivity index is 1.46. The first kappa shape index (κ1) is 19.3. The molecule has 0 aliphatic carbocycles. The Bertz CT molecular complexity index is 1050. The van der Waals surface area contributed by atoms with Crippen molar-refractivity contribution >= 4 is 22.2 Å². The molecule has 146 valence electrons. The van der Waals surface area contributed by atoms with Gasteiger partial charge in [0.1, 0.15) is 16.9 Å². The van der Waals surface area contributed by atoms with Crippen molar-refractivity contribution in [1.82, 2.24) is 4.90 Å². The van der Waals surface area contributed by atoms with Gasteiger partial charge in [-0.15, -0.1) is 11.3 Å². The number of nitrogens with zero attached hydrogens (tertiary/aromatic N) is 2. The number of amides is 1. The van der Waals surface area contributed by atoms with Crippen LogP contribution in [0.3, 0.4) is 0 Å². The smallest absolute Gasteiger partial charge is 0.229 e. The van der Waals surface area contributed by atoms with E-state index in [1.165, 1.54) is 29.0 Å². The number of thiophene rings is 1. The van der Waals surface area contributed by atoms with Crippen LogP contribution in [0.1, 0.15) is 27.1 Å². The topological polar surface area (TPSA) is 56.1 Å². The Morgan fingerprint density at radius 2 is 1.90 bits per heavy atom. The summed E-state index contributed by atoms with van der Waals surface area (Å²) in [6, 6.07) is 18.5. The van der Waals surface area contributed by atoms with Gasteiger partial charge in [-0.2, -0.15) is 5.26 Å². The van der Waals surface area contributed by atoms with Crippen LogP contribution < -0.4 is 5.32 Å². The van der Waals surface area contributed by atoms with Gasteiger partial charge in [0.2, 0.25) is 5.91 Å². The Hall–Kier alpha value is -3.01. The van der Waals surface area contributed by atoms with Crippen LogP contribution in [0, 0.1) is 17.1 Å². The second-order valence-electron chi connectivity index (χ2n) is 7.12. The van der Waals surface area contributed by atoms with E-state index < -0.39 is 0 Å². The number of hydrogen-bond acceptors (Lipinski definition) is 4. The standard InChI is InChI=1S/C23H20FN3OS/c24-18-8-6-16(7-9-18)12-22(28)26-23-20(13-25)19-10-11-27(15-21(19)29-23)14-17-4-2-1-3-5-17/h1-9H,10-12,14-15H2,(H,26,28). The number of carbonyl (C=O) groups is 1.